The fourth-order valence-corrected chi connectivity index (χ4v) is 3.14. The number of ketones is 1. The third kappa shape index (κ3) is 3.05. The van der Waals surface area contributed by atoms with Gasteiger partial charge in [0.05, 0.1) is 0 Å². The fourth-order valence-electron chi connectivity index (χ4n) is 2.13. The van der Waals surface area contributed by atoms with Gasteiger partial charge in [-0.3, -0.25) is 9.36 Å². The van der Waals surface area contributed by atoms with Gasteiger partial charge in [0, 0.05) is 5.56 Å². The van der Waals surface area contributed by atoms with Crippen LogP contribution in [0.2, 0.25) is 0 Å². The maximum atomic E-state index is 12.5. The summed E-state index contributed by atoms with van der Waals surface area (Å²) in [5.74, 6) is -0.553. The van der Waals surface area contributed by atoms with E-state index in [2.05, 4.69) is 0 Å². The maximum Gasteiger partial charge on any atom is 0.340 e. The lowest BCUT2D eigenvalue weighted by atomic mass is 9.99. The van der Waals surface area contributed by atoms with Gasteiger partial charge in [0.2, 0.25) is 0 Å². The SMILES string of the molecule is Cc1ccccc1C(=O)C(c1ccccc1)P(=O)(O)O. The highest BCUT2D eigenvalue weighted by Gasteiger charge is 2.37. The Morgan fingerprint density at radius 1 is 1.00 bits per heavy atom. The molecule has 0 spiro atoms. The van der Waals surface area contributed by atoms with Crippen LogP contribution in [0.25, 0.3) is 0 Å². The van der Waals surface area contributed by atoms with Crippen molar-refractivity contribution in [3.8, 4) is 0 Å². The Balaban J connectivity index is 2.52. The molecule has 2 aromatic rings. The van der Waals surface area contributed by atoms with Crippen LogP contribution in [0, 0.1) is 6.92 Å². The molecule has 0 saturated carbocycles. The Labute approximate surface area is 117 Å². The first-order valence-electron chi connectivity index (χ1n) is 6.11. The molecule has 0 aliphatic rings. The number of hydrogen-bond acceptors (Lipinski definition) is 2. The van der Waals surface area contributed by atoms with Crippen LogP contribution >= 0.6 is 7.60 Å². The molecule has 2 aromatic carbocycles. The van der Waals surface area contributed by atoms with Gasteiger partial charge in [0.15, 0.2) is 5.78 Å². The summed E-state index contributed by atoms with van der Waals surface area (Å²) in [4.78, 5) is 31.6. The Kier molecular flexibility index (Phi) is 4.19. The summed E-state index contributed by atoms with van der Waals surface area (Å²) in [7, 11) is -4.59. The van der Waals surface area contributed by atoms with Gasteiger partial charge in [-0.2, -0.15) is 0 Å². The zero-order valence-corrected chi connectivity index (χ0v) is 11.8. The van der Waals surface area contributed by atoms with E-state index in [9.17, 15) is 19.1 Å². The number of benzene rings is 2. The molecule has 104 valence electrons. The van der Waals surface area contributed by atoms with Crippen molar-refractivity contribution < 1.29 is 19.1 Å². The highest BCUT2D eigenvalue weighted by molar-refractivity contribution is 7.53. The van der Waals surface area contributed by atoms with Crippen LogP contribution in [0.15, 0.2) is 54.6 Å². The lowest BCUT2D eigenvalue weighted by molar-refractivity contribution is 0.0977. The predicted molar refractivity (Wildman–Crippen MR) is 76.7 cm³/mol. The minimum atomic E-state index is -4.59. The number of hydrogen-bond donors (Lipinski definition) is 2. The largest absolute Gasteiger partial charge is 0.340 e. The zero-order chi connectivity index (χ0) is 14.8. The topological polar surface area (TPSA) is 74.6 Å². The highest BCUT2D eigenvalue weighted by Crippen LogP contribution is 2.53. The molecule has 0 fully saturated rings. The van der Waals surface area contributed by atoms with Crippen molar-refractivity contribution in [2.45, 2.75) is 12.6 Å². The molecule has 0 radical (unpaired) electrons. The first-order chi connectivity index (χ1) is 9.41. The van der Waals surface area contributed by atoms with Crippen molar-refractivity contribution in [1.82, 2.24) is 0 Å². The second kappa shape index (κ2) is 5.71. The summed E-state index contributed by atoms with van der Waals surface area (Å²) in [6.45, 7) is 1.75. The monoisotopic (exact) mass is 290 g/mol. The third-order valence-corrected chi connectivity index (χ3v) is 4.32. The molecule has 20 heavy (non-hydrogen) atoms. The first kappa shape index (κ1) is 14.7. The molecule has 0 aliphatic heterocycles. The molecular weight excluding hydrogens is 275 g/mol. The Morgan fingerprint density at radius 2 is 1.55 bits per heavy atom. The van der Waals surface area contributed by atoms with Gasteiger partial charge in [-0.1, -0.05) is 54.6 Å². The molecule has 2 N–H and O–H groups in total. The lowest BCUT2D eigenvalue weighted by Gasteiger charge is -2.18. The molecule has 1 unspecified atom stereocenters. The molecule has 0 bridgehead atoms. The average molecular weight is 290 g/mol. The summed E-state index contributed by atoms with van der Waals surface area (Å²) in [5.41, 5.74) is -0.0876. The van der Waals surface area contributed by atoms with Gasteiger partial charge in [0.25, 0.3) is 0 Å². The van der Waals surface area contributed by atoms with Gasteiger partial charge in [-0.15, -0.1) is 0 Å². The van der Waals surface area contributed by atoms with E-state index in [1.54, 1.807) is 61.5 Å². The standard InChI is InChI=1S/C15H15O4P/c1-11-7-5-6-10-13(11)14(16)15(20(17,18)19)12-8-3-2-4-9-12/h2-10,15H,1H3,(H2,17,18,19). The number of Topliss-reactive ketones (excluding diaryl/α,β-unsaturated/α-hetero) is 1. The van der Waals surface area contributed by atoms with Crippen LogP contribution in [-0.2, 0) is 4.57 Å². The van der Waals surface area contributed by atoms with Gasteiger partial charge in [-0.25, -0.2) is 0 Å². The quantitative estimate of drug-likeness (QED) is 0.670. The Hall–Kier alpha value is -1.74. The van der Waals surface area contributed by atoms with Gasteiger partial charge in [0.1, 0.15) is 5.66 Å². The normalized spacial score (nSPS) is 12.9. The van der Waals surface area contributed by atoms with Gasteiger partial charge >= 0.3 is 7.60 Å². The average Bonchev–Trinajstić information content (AvgIpc) is 2.39. The smallest absolute Gasteiger partial charge is 0.324 e. The van der Waals surface area contributed by atoms with E-state index in [-0.39, 0.29) is 0 Å². The van der Waals surface area contributed by atoms with Crippen LogP contribution in [-0.4, -0.2) is 15.6 Å². The van der Waals surface area contributed by atoms with Crippen LogP contribution in [0.4, 0.5) is 0 Å². The molecule has 0 aromatic heterocycles. The summed E-state index contributed by atoms with van der Waals surface area (Å²) in [6.07, 6.45) is 0. The lowest BCUT2D eigenvalue weighted by Crippen LogP contribution is -2.14. The van der Waals surface area contributed by atoms with E-state index in [0.29, 0.717) is 16.7 Å². The Bertz CT molecular complexity index is 661. The minimum Gasteiger partial charge on any atom is -0.324 e. The highest BCUT2D eigenvalue weighted by atomic mass is 31.2. The molecular formula is C15H15O4P. The minimum absolute atomic E-state index is 0.328. The fraction of sp³-hybridized carbons (Fsp3) is 0.133. The third-order valence-electron chi connectivity index (χ3n) is 3.11. The molecule has 0 aliphatic carbocycles. The van der Waals surface area contributed by atoms with E-state index in [1.165, 1.54) is 0 Å². The molecule has 4 nitrogen and oxygen atoms in total. The van der Waals surface area contributed by atoms with Crippen LogP contribution in [0.5, 0.6) is 0 Å². The number of carbonyl (C=O) groups is 1. The van der Waals surface area contributed by atoms with Crippen LogP contribution in [0.1, 0.15) is 27.1 Å². The van der Waals surface area contributed by atoms with Crippen molar-refractivity contribution >= 4 is 13.4 Å². The van der Waals surface area contributed by atoms with Crippen LogP contribution in [0.3, 0.4) is 0 Å². The molecule has 5 heteroatoms. The summed E-state index contributed by atoms with van der Waals surface area (Å²) < 4.78 is 11.7. The first-order valence-corrected chi connectivity index (χ1v) is 7.79. The van der Waals surface area contributed by atoms with E-state index in [1.807, 2.05) is 0 Å². The second-order valence-corrected chi connectivity index (χ2v) is 6.28. The predicted octanol–water partition coefficient (Wildman–Crippen LogP) is 3.10. The van der Waals surface area contributed by atoms with Crippen molar-refractivity contribution in [1.29, 1.82) is 0 Å². The van der Waals surface area contributed by atoms with Crippen molar-refractivity contribution in [3.05, 3.63) is 71.3 Å². The molecule has 0 saturated heterocycles. The van der Waals surface area contributed by atoms with E-state index >= 15 is 0 Å². The van der Waals surface area contributed by atoms with E-state index < -0.39 is 19.0 Å². The van der Waals surface area contributed by atoms with Crippen LogP contribution < -0.4 is 0 Å². The van der Waals surface area contributed by atoms with E-state index in [4.69, 9.17) is 0 Å². The van der Waals surface area contributed by atoms with Crippen molar-refractivity contribution in [2.75, 3.05) is 0 Å². The van der Waals surface area contributed by atoms with Gasteiger partial charge in [-0.05, 0) is 18.1 Å². The van der Waals surface area contributed by atoms with Crippen molar-refractivity contribution in [2.24, 2.45) is 0 Å². The Morgan fingerprint density at radius 3 is 2.10 bits per heavy atom. The summed E-state index contributed by atoms with van der Waals surface area (Å²) >= 11 is 0. The van der Waals surface area contributed by atoms with E-state index in [0.717, 1.165) is 0 Å². The maximum absolute atomic E-state index is 12.5. The number of rotatable bonds is 4. The summed E-state index contributed by atoms with van der Waals surface area (Å²) in [5, 5.41) is 0. The zero-order valence-electron chi connectivity index (χ0n) is 10.9. The number of aryl methyl sites for hydroxylation is 1. The van der Waals surface area contributed by atoms with Gasteiger partial charge < -0.3 is 9.79 Å². The molecule has 0 amide bonds. The molecule has 1 atom stereocenters. The molecule has 0 heterocycles. The van der Waals surface area contributed by atoms with Crippen molar-refractivity contribution in [3.63, 3.8) is 0 Å². The summed E-state index contributed by atoms with van der Waals surface area (Å²) in [6, 6.07) is 15.0. The molecule has 2 rings (SSSR count). The second-order valence-electron chi connectivity index (χ2n) is 4.58. The number of carbonyl (C=O) groups excluding carboxylic acids is 1.